The molecule has 0 aromatic heterocycles. The Balaban J connectivity index is 1.71. The van der Waals surface area contributed by atoms with Crippen molar-refractivity contribution in [2.75, 3.05) is 6.61 Å². The van der Waals surface area contributed by atoms with E-state index in [4.69, 9.17) is 38.7 Å². The number of nitrogens with zero attached hydrogens (tertiary/aromatic N) is 2. The van der Waals surface area contributed by atoms with E-state index in [1.165, 1.54) is 0 Å². The summed E-state index contributed by atoms with van der Waals surface area (Å²) >= 11 is 13.0. The largest absolute Gasteiger partial charge is 0.378 e. The Labute approximate surface area is 186 Å². The number of hydrogen-bond acceptors (Lipinski definition) is 4. The molecule has 2 aromatic carbocycles. The minimum absolute atomic E-state index is 0.0165. The van der Waals surface area contributed by atoms with Crippen molar-refractivity contribution in [1.82, 2.24) is 4.90 Å². The van der Waals surface area contributed by atoms with Gasteiger partial charge in [0.15, 0.2) is 5.96 Å². The first-order valence-electron chi connectivity index (χ1n) is 10.1. The number of rotatable bonds is 3. The van der Waals surface area contributed by atoms with Crippen molar-refractivity contribution in [1.29, 1.82) is 0 Å². The molecule has 1 fully saturated rings. The van der Waals surface area contributed by atoms with Gasteiger partial charge in [0.2, 0.25) is 5.91 Å². The summed E-state index contributed by atoms with van der Waals surface area (Å²) in [5.74, 6) is 0.213. The van der Waals surface area contributed by atoms with Crippen LogP contribution in [0.15, 0.2) is 47.5 Å². The zero-order valence-electron chi connectivity index (χ0n) is 17.1. The zero-order chi connectivity index (χ0) is 21.5. The number of carbonyl (C=O) groups excluding carboxylic acids is 1. The van der Waals surface area contributed by atoms with Crippen LogP contribution in [0.3, 0.4) is 0 Å². The fraction of sp³-hybridized carbons (Fsp3) is 0.391. The maximum Gasteiger partial charge on any atom is 0.232 e. The molecule has 4 rings (SSSR count). The lowest BCUT2D eigenvalue weighted by atomic mass is 9.85. The minimum Gasteiger partial charge on any atom is -0.378 e. The van der Waals surface area contributed by atoms with E-state index in [1.54, 1.807) is 4.90 Å². The lowest BCUT2D eigenvalue weighted by molar-refractivity contribution is -0.133. The second-order valence-corrected chi connectivity index (χ2v) is 9.04. The minimum atomic E-state index is -0.833. The lowest BCUT2D eigenvalue weighted by Crippen LogP contribution is -2.56. The highest BCUT2D eigenvalue weighted by molar-refractivity contribution is 6.34. The Morgan fingerprint density at radius 3 is 2.70 bits per heavy atom. The molecule has 0 aliphatic carbocycles. The predicted molar refractivity (Wildman–Crippen MR) is 121 cm³/mol. The van der Waals surface area contributed by atoms with Crippen LogP contribution in [0.1, 0.15) is 38.7 Å². The molecule has 0 bridgehead atoms. The number of ether oxygens (including phenoxy) is 1. The van der Waals surface area contributed by atoms with Gasteiger partial charge in [-0.15, -0.1) is 0 Å². The number of guanidine groups is 1. The molecule has 0 spiro atoms. The summed E-state index contributed by atoms with van der Waals surface area (Å²) in [6.45, 7) is 4.54. The van der Waals surface area contributed by atoms with E-state index in [1.807, 2.05) is 56.3 Å². The predicted octanol–water partition coefficient (Wildman–Crippen LogP) is 4.99. The zero-order valence-corrected chi connectivity index (χ0v) is 18.6. The van der Waals surface area contributed by atoms with Gasteiger partial charge in [-0.1, -0.05) is 53.5 Å². The second kappa shape index (κ2) is 8.22. The Morgan fingerprint density at radius 2 is 2.00 bits per heavy atom. The van der Waals surface area contributed by atoms with Crippen LogP contribution < -0.4 is 5.73 Å². The number of aliphatic imine (C=N–C) groups is 1. The quantitative estimate of drug-likeness (QED) is 0.723. The summed E-state index contributed by atoms with van der Waals surface area (Å²) in [6, 6.07) is 13.3. The van der Waals surface area contributed by atoms with Crippen LogP contribution in [0.25, 0.3) is 11.1 Å². The first kappa shape index (κ1) is 21.2. The van der Waals surface area contributed by atoms with Crippen LogP contribution in [0.2, 0.25) is 10.0 Å². The fourth-order valence-electron chi connectivity index (χ4n) is 4.44. The van der Waals surface area contributed by atoms with Crippen LogP contribution >= 0.6 is 23.2 Å². The van der Waals surface area contributed by atoms with Gasteiger partial charge >= 0.3 is 0 Å². The first-order chi connectivity index (χ1) is 14.3. The van der Waals surface area contributed by atoms with Crippen LogP contribution in [0.4, 0.5) is 0 Å². The molecule has 1 amide bonds. The van der Waals surface area contributed by atoms with E-state index in [2.05, 4.69) is 0 Å². The molecule has 1 saturated heterocycles. The van der Waals surface area contributed by atoms with Gasteiger partial charge < -0.3 is 10.5 Å². The van der Waals surface area contributed by atoms with Gasteiger partial charge in [-0.25, -0.2) is 4.99 Å². The Morgan fingerprint density at radius 1 is 1.23 bits per heavy atom. The first-order valence-corrected chi connectivity index (χ1v) is 10.9. The molecule has 2 aromatic rings. The van der Waals surface area contributed by atoms with Crippen molar-refractivity contribution in [2.45, 2.75) is 50.8 Å². The van der Waals surface area contributed by atoms with Crippen LogP contribution in [-0.4, -0.2) is 35.5 Å². The number of amides is 1. The molecule has 0 unspecified atom stereocenters. The summed E-state index contributed by atoms with van der Waals surface area (Å²) in [6.07, 6.45) is 1.82. The summed E-state index contributed by atoms with van der Waals surface area (Å²) in [4.78, 5) is 19.6. The molecule has 2 heterocycles. The van der Waals surface area contributed by atoms with Crippen molar-refractivity contribution in [3.05, 3.63) is 58.1 Å². The molecule has 3 atom stereocenters. The van der Waals surface area contributed by atoms with Gasteiger partial charge in [-0.05, 0) is 49.9 Å². The van der Waals surface area contributed by atoms with E-state index in [-0.39, 0.29) is 30.4 Å². The average Bonchev–Trinajstić information content (AvgIpc) is 2.67. The summed E-state index contributed by atoms with van der Waals surface area (Å²) in [5, 5.41) is 1.19. The molecule has 0 saturated carbocycles. The second-order valence-electron chi connectivity index (χ2n) is 8.22. The fourth-order valence-corrected chi connectivity index (χ4v) is 5.06. The number of halogens is 2. The standard InChI is InChI=1S/C23H25Cl2N3O2/c1-14-11-17(9-10-30-14)28-20(29)13-23(2,27-22(28)26)19-8-4-7-18(21(19)25)15-5-3-6-16(24)12-15/h3-8,12,14,17H,9-11,13H2,1-2H3,(H2,26,27)/t14-,17-,23-/m0/s1. The molecular formula is C23H25Cl2N3O2. The summed E-state index contributed by atoms with van der Waals surface area (Å²) in [7, 11) is 0. The summed E-state index contributed by atoms with van der Waals surface area (Å²) in [5.41, 5.74) is 8.03. The monoisotopic (exact) mass is 445 g/mol. The van der Waals surface area contributed by atoms with Crippen molar-refractivity contribution in [3.63, 3.8) is 0 Å². The highest BCUT2D eigenvalue weighted by atomic mass is 35.5. The third-order valence-corrected chi connectivity index (χ3v) is 6.55. The Hall–Kier alpha value is -2.08. The number of hydrogen-bond donors (Lipinski definition) is 1. The Kier molecular flexibility index (Phi) is 5.80. The van der Waals surface area contributed by atoms with Crippen molar-refractivity contribution < 1.29 is 9.53 Å². The van der Waals surface area contributed by atoms with Crippen molar-refractivity contribution in [2.24, 2.45) is 10.7 Å². The van der Waals surface area contributed by atoms with E-state index in [0.29, 0.717) is 16.7 Å². The van der Waals surface area contributed by atoms with Crippen LogP contribution in [0, 0.1) is 0 Å². The molecule has 7 heteroatoms. The van der Waals surface area contributed by atoms with E-state index in [0.717, 1.165) is 29.5 Å². The Bertz CT molecular complexity index is 1010. The number of nitrogens with two attached hydrogens (primary N) is 1. The van der Waals surface area contributed by atoms with Crippen LogP contribution in [-0.2, 0) is 15.1 Å². The van der Waals surface area contributed by atoms with Gasteiger partial charge in [-0.2, -0.15) is 0 Å². The maximum absolute atomic E-state index is 13.2. The topological polar surface area (TPSA) is 67.9 Å². The highest BCUT2D eigenvalue weighted by Gasteiger charge is 2.42. The summed E-state index contributed by atoms with van der Waals surface area (Å²) < 4.78 is 5.61. The van der Waals surface area contributed by atoms with E-state index >= 15 is 0 Å². The molecule has 2 aliphatic rings. The molecular weight excluding hydrogens is 421 g/mol. The molecule has 0 radical (unpaired) electrons. The van der Waals surface area contributed by atoms with Gasteiger partial charge in [0.05, 0.1) is 23.1 Å². The van der Waals surface area contributed by atoms with Gasteiger partial charge in [-0.3, -0.25) is 9.69 Å². The average molecular weight is 446 g/mol. The maximum atomic E-state index is 13.2. The molecule has 30 heavy (non-hydrogen) atoms. The SMILES string of the molecule is C[C@H]1C[C@@H](N2C(=O)C[C@@](C)(c3cccc(-c4cccc(Cl)c4)c3Cl)N=C2N)CCO1. The van der Waals surface area contributed by atoms with Crippen molar-refractivity contribution >= 4 is 35.1 Å². The smallest absolute Gasteiger partial charge is 0.232 e. The highest BCUT2D eigenvalue weighted by Crippen LogP contribution is 2.42. The number of carbonyl (C=O) groups is 1. The number of benzene rings is 2. The molecule has 5 nitrogen and oxygen atoms in total. The van der Waals surface area contributed by atoms with Gasteiger partial charge in [0.1, 0.15) is 0 Å². The van der Waals surface area contributed by atoms with Crippen molar-refractivity contribution in [3.8, 4) is 11.1 Å². The normalized spacial score (nSPS) is 27.1. The third-order valence-electron chi connectivity index (χ3n) is 5.91. The van der Waals surface area contributed by atoms with E-state index < -0.39 is 5.54 Å². The third kappa shape index (κ3) is 3.94. The molecule has 158 valence electrons. The van der Waals surface area contributed by atoms with Crippen LogP contribution in [0.5, 0.6) is 0 Å². The molecule has 2 N–H and O–H groups in total. The van der Waals surface area contributed by atoms with E-state index in [9.17, 15) is 4.79 Å². The van der Waals surface area contributed by atoms with Gasteiger partial charge in [0, 0.05) is 23.2 Å². The molecule has 2 aliphatic heterocycles. The lowest BCUT2D eigenvalue weighted by Gasteiger charge is -2.41. The van der Waals surface area contributed by atoms with Gasteiger partial charge in [0.25, 0.3) is 0 Å².